The van der Waals surface area contributed by atoms with E-state index in [2.05, 4.69) is 27.1 Å². The Morgan fingerprint density at radius 1 is 1.35 bits per heavy atom. The number of likely N-dealkylation sites (tertiary alicyclic amines) is 1. The second kappa shape index (κ2) is 6.88. The second-order valence-corrected chi connectivity index (χ2v) is 5.69. The predicted octanol–water partition coefficient (Wildman–Crippen LogP) is 2.47. The van der Waals surface area contributed by atoms with Gasteiger partial charge in [0.25, 0.3) is 0 Å². The molecule has 20 heavy (non-hydrogen) atoms. The maximum Gasteiger partial charge on any atom is 0.226 e. The standard InChI is InChI=1S/C15H26N4O/c1-5-19-8-6-13(7-9-19)17-15-16-12(4)10-14(18-15)20-11(2)3/h10-11,13H,5-9H2,1-4H3,(H,16,17,18). The molecule has 5 nitrogen and oxygen atoms in total. The van der Waals surface area contributed by atoms with Crippen molar-refractivity contribution >= 4 is 5.95 Å². The van der Waals surface area contributed by atoms with Gasteiger partial charge in [-0.3, -0.25) is 0 Å². The van der Waals surface area contributed by atoms with Gasteiger partial charge in [0, 0.05) is 30.9 Å². The largest absolute Gasteiger partial charge is 0.475 e. The van der Waals surface area contributed by atoms with E-state index in [0.29, 0.717) is 17.9 Å². The zero-order chi connectivity index (χ0) is 14.5. The van der Waals surface area contributed by atoms with Crippen molar-refractivity contribution in [2.75, 3.05) is 25.0 Å². The summed E-state index contributed by atoms with van der Waals surface area (Å²) in [5, 5.41) is 3.45. The summed E-state index contributed by atoms with van der Waals surface area (Å²) in [7, 11) is 0. The minimum atomic E-state index is 0.130. The summed E-state index contributed by atoms with van der Waals surface area (Å²) in [6.07, 6.45) is 2.42. The van der Waals surface area contributed by atoms with Gasteiger partial charge in [-0.15, -0.1) is 0 Å². The van der Waals surface area contributed by atoms with Crippen LogP contribution < -0.4 is 10.1 Å². The van der Waals surface area contributed by atoms with Gasteiger partial charge < -0.3 is 15.0 Å². The number of piperidine rings is 1. The van der Waals surface area contributed by atoms with Crippen LogP contribution in [0.4, 0.5) is 5.95 Å². The molecule has 1 aromatic heterocycles. The number of anilines is 1. The van der Waals surface area contributed by atoms with Crippen molar-refractivity contribution in [3.63, 3.8) is 0 Å². The molecule has 0 aromatic carbocycles. The van der Waals surface area contributed by atoms with Gasteiger partial charge in [-0.25, -0.2) is 4.98 Å². The molecule has 1 aliphatic rings. The molecule has 0 radical (unpaired) electrons. The molecule has 0 aliphatic carbocycles. The van der Waals surface area contributed by atoms with Crippen LogP contribution in [-0.2, 0) is 0 Å². The molecule has 0 amide bonds. The first-order valence-corrected chi connectivity index (χ1v) is 7.58. The van der Waals surface area contributed by atoms with Crippen LogP contribution in [0.15, 0.2) is 6.07 Å². The Bertz CT molecular complexity index is 428. The highest BCUT2D eigenvalue weighted by molar-refractivity contribution is 5.32. The summed E-state index contributed by atoms with van der Waals surface area (Å²) in [6, 6.07) is 2.34. The Hall–Kier alpha value is -1.36. The molecule has 0 unspecified atom stereocenters. The van der Waals surface area contributed by atoms with E-state index in [1.54, 1.807) is 0 Å². The second-order valence-electron chi connectivity index (χ2n) is 5.69. The number of aromatic nitrogens is 2. The minimum Gasteiger partial charge on any atom is -0.475 e. The molecule has 2 heterocycles. The van der Waals surface area contributed by atoms with Crippen molar-refractivity contribution in [1.82, 2.24) is 14.9 Å². The first-order valence-electron chi connectivity index (χ1n) is 7.58. The summed E-state index contributed by atoms with van der Waals surface area (Å²) < 4.78 is 5.66. The summed E-state index contributed by atoms with van der Waals surface area (Å²) >= 11 is 0. The minimum absolute atomic E-state index is 0.130. The van der Waals surface area contributed by atoms with E-state index in [-0.39, 0.29) is 6.10 Å². The summed E-state index contributed by atoms with van der Waals surface area (Å²) in [4.78, 5) is 11.4. The molecule has 1 aliphatic heterocycles. The summed E-state index contributed by atoms with van der Waals surface area (Å²) in [5.74, 6) is 1.34. The van der Waals surface area contributed by atoms with Crippen molar-refractivity contribution in [2.45, 2.75) is 52.7 Å². The quantitative estimate of drug-likeness (QED) is 0.896. The van der Waals surface area contributed by atoms with E-state index in [9.17, 15) is 0 Å². The normalized spacial score (nSPS) is 17.4. The number of nitrogens with zero attached hydrogens (tertiary/aromatic N) is 3. The maximum atomic E-state index is 5.66. The first-order chi connectivity index (χ1) is 9.56. The van der Waals surface area contributed by atoms with Gasteiger partial charge in [0.1, 0.15) is 0 Å². The smallest absolute Gasteiger partial charge is 0.226 e. The molecular formula is C15H26N4O. The van der Waals surface area contributed by atoms with Crippen LogP contribution in [0.1, 0.15) is 39.3 Å². The van der Waals surface area contributed by atoms with Crippen LogP contribution in [0.3, 0.4) is 0 Å². The maximum absolute atomic E-state index is 5.66. The Balaban J connectivity index is 1.97. The third-order valence-electron chi connectivity index (χ3n) is 3.56. The molecule has 1 saturated heterocycles. The third kappa shape index (κ3) is 4.34. The number of hydrogen-bond acceptors (Lipinski definition) is 5. The van der Waals surface area contributed by atoms with Gasteiger partial charge >= 0.3 is 0 Å². The van der Waals surface area contributed by atoms with Crippen LogP contribution in [0, 0.1) is 6.92 Å². The molecule has 0 bridgehead atoms. The van der Waals surface area contributed by atoms with Crippen LogP contribution in [0.25, 0.3) is 0 Å². The van der Waals surface area contributed by atoms with E-state index >= 15 is 0 Å². The zero-order valence-corrected chi connectivity index (χ0v) is 13.0. The highest BCUT2D eigenvalue weighted by atomic mass is 16.5. The highest BCUT2D eigenvalue weighted by Crippen LogP contribution is 2.17. The summed E-state index contributed by atoms with van der Waals surface area (Å²) in [6.45, 7) is 11.6. The first kappa shape index (κ1) is 15.0. The SMILES string of the molecule is CCN1CCC(Nc2nc(C)cc(OC(C)C)n2)CC1. The monoisotopic (exact) mass is 278 g/mol. The average molecular weight is 278 g/mol. The third-order valence-corrected chi connectivity index (χ3v) is 3.56. The Labute approximate surface area is 121 Å². The molecule has 1 N–H and O–H groups in total. The molecule has 0 atom stereocenters. The lowest BCUT2D eigenvalue weighted by molar-refractivity contribution is 0.227. The topological polar surface area (TPSA) is 50.3 Å². The molecule has 112 valence electrons. The van der Waals surface area contributed by atoms with E-state index < -0.39 is 0 Å². The Morgan fingerprint density at radius 2 is 2.05 bits per heavy atom. The fraction of sp³-hybridized carbons (Fsp3) is 0.733. The Morgan fingerprint density at radius 3 is 2.65 bits per heavy atom. The van der Waals surface area contributed by atoms with Crippen LogP contribution in [0.2, 0.25) is 0 Å². The molecular weight excluding hydrogens is 252 g/mol. The van der Waals surface area contributed by atoms with Crippen molar-refractivity contribution in [2.24, 2.45) is 0 Å². The lowest BCUT2D eigenvalue weighted by atomic mass is 10.1. The van der Waals surface area contributed by atoms with Gasteiger partial charge in [0.2, 0.25) is 11.8 Å². The van der Waals surface area contributed by atoms with Gasteiger partial charge in [-0.2, -0.15) is 4.98 Å². The van der Waals surface area contributed by atoms with Gasteiger partial charge in [0.15, 0.2) is 0 Å². The van der Waals surface area contributed by atoms with Crippen LogP contribution in [-0.4, -0.2) is 46.6 Å². The average Bonchev–Trinajstić information content (AvgIpc) is 2.38. The van der Waals surface area contributed by atoms with E-state index in [0.717, 1.165) is 38.2 Å². The summed E-state index contributed by atoms with van der Waals surface area (Å²) in [5.41, 5.74) is 0.934. The van der Waals surface area contributed by atoms with Crippen molar-refractivity contribution in [3.05, 3.63) is 11.8 Å². The van der Waals surface area contributed by atoms with Crippen molar-refractivity contribution < 1.29 is 4.74 Å². The molecule has 1 aromatic rings. The number of aryl methyl sites for hydroxylation is 1. The van der Waals surface area contributed by atoms with Crippen molar-refractivity contribution in [3.8, 4) is 5.88 Å². The number of ether oxygens (including phenoxy) is 1. The number of nitrogens with one attached hydrogen (secondary N) is 1. The Kier molecular flexibility index (Phi) is 5.17. The highest BCUT2D eigenvalue weighted by Gasteiger charge is 2.19. The number of hydrogen-bond donors (Lipinski definition) is 1. The predicted molar refractivity (Wildman–Crippen MR) is 81.3 cm³/mol. The fourth-order valence-corrected chi connectivity index (χ4v) is 2.48. The lowest BCUT2D eigenvalue weighted by Crippen LogP contribution is -2.39. The van der Waals surface area contributed by atoms with Gasteiger partial charge in [-0.1, -0.05) is 6.92 Å². The van der Waals surface area contributed by atoms with Gasteiger partial charge in [0.05, 0.1) is 6.10 Å². The molecule has 1 fully saturated rings. The van der Waals surface area contributed by atoms with Gasteiger partial charge in [-0.05, 0) is 40.2 Å². The fourth-order valence-electron chi connectivity index (χ4n) is 2.48. The lowest BCUT2D eigenvalue weighted by Gasteiger charge is -2.31. The molecule has 5 heteroatoms. The van der Waals surface area contributed by atoms with E-state index in [1.807, 2.05) is 26.8 Å². The van der Waals surface area contributed by atoms with Crippen LogP contribution in [0.5, 0.6) is 5.88 Å². The van der Waals surface area contributed by atoms with E-state index in [4.69, 9.17) is 4.74 Å². The number of rotatable bonds is 5. The van der Waals surface area contributed by atoms with Crippen molar-refractivity contribution in [1.29, 1.82) is 0 Å². The van der Waals surface area contributed by atoms with E-state index in [1.165, 1.54) is 0 Å². The van der Waals surface area contributed by atoms with Crippen LogP contribution >= 0.6 is 0 Å². The zero-order valence-electron chi connectivity index (χ0n) is 13.0. The molecule has 0 saturated carbocycles. The molecule has 2 rings (SSSR count). The molecule has 0 spiro atoms.